The molecule has 1 saturated heterocycles. The molecule has 2 aliphatic heterocycles. The van der Waals surface area contributed by atoms with Gasteiger partial charge < -0.3 is 10.5 Å². The highest BCUT2D eigenvalue weighted by molar-refractivity contribution is 5.94. The summed E-state index contributed by atoms with van der Waals surface area (Å²) in [4.78, 5) is 23.0. The molecule has 0 spiro atoms. The Morgan fingerprint density at radius 1 is 0.867 bits per heavy atom. The zero-order valence-corrected chi connectivity index (χ0v) is 16.4. The highest BCUT2D eigenvalue weighted by atomic mass is 16.1. The van der Waals surface area contributed by atoms with Gasteiger partial charge in [-0.3, -0.25) is 9.69 Å². The number of nitrogens with zero attached hydrogens (tertiary/aromatic N) is 1. The molecule has 1 aliphatic carbocycles. The van der Waals surface area contributed by atoms with E-state index in [1.165, 1.54) is 33.7 Å². The molecular weight excluding hydrogens is 372 g/mol. The van der Waals surface area contributed by atoms with Gasteiger partial charge in [-0.1, -0.05) is 79.7 Å². The quantitative estimate of drug-likeness (QED) is 0.502. The summed E-state index contributed by atoms with van der Waals surface area (Å²) in [5.74, 6) is 0.423. The van der Waals surface area contributed by atoms with Gasteiger partial charge in [0.05, 0.1) is 0 Å². The number of Topliss-reactive ketones (excluding diaryl/α,β-unsaturated/α-hetero) is 2. The number of rotatable bonds is 1. The van der Waals surface area contributed by atoms with E-state index in [-0.39, 0.29) is 48.7 Å². The molecule has 4 nitrogen and oxygen atoms in total. The maximum Gasteiger partial charge on any atom is 0.157 e. The molecule has 0 radical (unpaired) electrons. The van der Waals surface area contributed by atoms with E-state index in [0.29, 0.717) is 12.1 Å². The van der Waals surface area contributed by atoms with Crippen LogP contribution in [0.15, 0.2) is 48.1 Å². The van der Waals surface area contributed by atoms with Gasteiger partial charge in [0.1, 0.15) is 5.78 Å². The second kappa shape index (κ2) is 25.3. The molecule has 0 aromatic rings. The van der Waals surface area contributed by atoms with Gasteiger partial charge in [-0.2, -0.15) is 0 Å². The Kier molecular flexibility index (Phi) is 35.7. The SMILES string of the molecule is C.C.C.C.C.C1=CC=CCC=C1.CC(=O)C1=CCC2CCC1N2C.CC(C)=O.CN. The maximum atomic E-state index is 11.2. The van der Waals surface area contributed by atoms with Crippen molar-refractivity contribution in [2.45, 2.75) is 95.7 Å². The number of carbonyl (C=O) groups is 2. The predicted octanol–water partition coefficient (Wildman–Crippen LogP) is 6.78. The number of nitrogens with two attached hydrogens (primary N) is 1. The van der Waals surface area contributed by atoms with Crippen molar-refractivity contribution in [2.75, 3.05) is 14.1 Å². The Labute approximate surface area is 190 Å². The highest BCUT2D eigenvalue weighted by Crippen LogP contribution is 2.34. The third-order valence-corrected chi connectivity index (χ3v) is 4.09. The predicted molar refractivity (Wildman–Crippen MR) is 140 cm³/mol. The number of likely N-dealkylation sites (N-methyl/N-ethyl adjacent to an activating group) is 1. The summed E-state index contributed by atoms with van der Waals surface area (Å²) in [6.45, 7) is 4.73. The van der Waals surface area contributed by atoms with Crippen molar-refractivity contribution in [3.63, 3.8) is 0 Å². The average Bonchev–Trinajstić information content (AvgIpc) is 2.85. The van der Waals surface area contributed by atoms with Crippen LogP contribution in [0.3, 0.4) is 0 Å². The van der Waals surface area contributed by atoms with E-state index in [4.69, 9.17) is 0 Å². The molecule has 0 aromatic heterocycles. The van der Waals surface area contributed by atoms with Crippen LogP contribution in [0.2, 0.25) is 0 Å². The number of carbonyl (C=O) groups excluding carboxylic acids is 2. The summed E-state index contributed by atoms with van der Waals surface area (Å²) in [5.41, 5.74) is 5.55. The lowest BCUT2D eigenvalue weighted by Crippen LogP contribution is -2.37. The van der Waals surface area contributed by atoms with E-state index in [1.54, 1.807) is 6.92 Å². The third-order valence-electron chi connectivity index (χ3n) is 4.09. The fourth-order valence-corrected chi connectivity index (χ4v) is 2.97. The molecule has 30 heavy (non-hydrogen) atoms. The molecule has 2 heterocycles. The van der Waals surface area contributed by atoms with Gasteiger partial charge >= 0.3 is 0 Å². The minimum Gasteiger partial charge on any atom is -0.333 e. The number of allylic oxidation sites excluding steroid dienone is 6. The van der Waals surface area contributed by atoms with Crippen molar-refractivity contribution in [3.8, 4) is 0 Å². The van der Waals surface area contributed by atoms with Gasteiger partial charge in [-0.25, -0.2) is 0 Å². The van der Waals surface area contributed by atoms with Crippen LogP contribution in [-0.2, 0) is 9.59 Å². The first-order chi connectivity index (χ1) is 11.9. The van der Waals surface area contributed by atoms with E-state index in [2.05, 4.69) is 48.1 Å². The van der Waals surface area contributed by atoms with Gasteiger partial charge in [-0.05, 0) is 60.5 Å². The summed E-state index contributed by atoms with van der Waals surface area (Å²) in [6.07, 6.45) is 19.1. The molecular formula is C26H54N2O2. The first-order valence-corrected chi connectivity index (χ1v) is 8.89. The minimum atomic E-state index is 0. The summed E-state index contributed by atoms with van der Waals surface area (Å²) in [6, 6.07) is 1.14. The highest BCUT2D eigenvalue weighted by Gasteiger charge is 2.36. The Bertz CT molecular complexity index is 513. The molecule has 2 atom stereocenters. The lowest BCUT2D eigenvalue weighted by atomic mass is 9.99. The fourth-order valence-electron chi connectivity index (χ4n) is 2.97. The number of hydrogen-bond acceptors (Lipinski definition) is 4. The first kappa shape index (κ1) is 42.3. The van der Waals surface area contributed by atoms with Gasteiger partial charge in [-0.15, -0.1) is 0 Å². The van der Waals surface area contributed by atoms with Crippen LogP contribution in [-0.4, -0.2) is 42.6 Å². The van der Waals surface area contributed by atoms with E-state index in [0.717, 1.165) is 18.4 Å². The normalized spacial score (nSPS) is 19.1. The van der Waals surface area contributed by atoms with E-state index in [1.807, 2.05) is 12.2 Å². The lowest BCUT2D eigenvalue weighted by Gasteiger charge is -2.30. The molecule has 0 amide bonds. The number of hydrogen-bond donors (Lipinski definition) is 1. The van der Waals surface area contributed by atoms with Crippen molar-refractivity contribution < 1.29 is 9.59 Å². The minimum absolute atomic E-state index is 0. The molecule has 0 aromatic carbocycles. The van der Waals surface area contributed by atoms with Crippen LogP contribution in [0.1, 0.15) is 83.6 Å². The molecule has 2 unspecified atom stereocenters. The van der Waals surface area contributed by atoms with E-state index < -0.39 is 0 Å². The van der Waals surface area contributed by atoms with Crippen LogP contribution in [0.4, 0.5) is 0 Å². The first-order valence-electron chi connectivity index (χ1n) is 8.89. The molecule has 4 heteroatoms. The van der Waals surface area contributed by atoms with Gasteiger partial charge in [0, 0.05) is 17.7 Å². The summed E-state index contributed by atoms with van der Waals surface area (Å²) >= 11 is 0. The summed E-state index contributed by atoms with van der Waals surface area (Å²) in [7, 11) is 3.64. The second-order valence-corrected chi connectivity index (χ2v) is 6.25. The largest absolute Gasteiger partial charge is 0.333 e. The van der Waals surface area contributed by atoms with Crippen LogP contribution in [0.5, 0.6) is 0 Å². The smallest absolute Gasteiger partial charge is 0.157 e. The van der Waals surface area contributed by atoms with E-state index >= 15 is 0 Å². The van der Waals surface area contributed by atoms with Crippen molar-refractivity contribution in [1.82, 2.24) is 4.90 Å². The van der Waals surface area contributed by atoms with Gasteiger partial charge in [0.15, 0.2) is 5.78 Å². The Hall–Kier alpha value is -1.78. The van der Waals surface area contributed by atoms with Gasteiger partial charge in [0.25, 0.3) is 0 Å². The zero-order chi connectivity index (χ0) is 19.2. The Morgan fingerprint density at radius 2 is 1.30 bits per heavy atom. The average molecular weight is 427 g/mol. The molecule has 0 saturated carbocycles. The summed E-state index contributed by atoms with van der Waals surface area (Å²) < 4.78 is 0. The molecule has 2 N–H and O–H groups in total. The van der Waals surface area contributed by atoms with Crippen LogP contribution in [0, 0.1) is 0 Å². The van der Waals surface area contributed by atoms with Crippen molar-refractivity contribution in [2.24, 2.45) is 5.73 Å². The number of fused-ring (bicyclic) bond motifs is 2. The standard InChI is InChI=1S/C10H15NO.C7H8.C3H6O.CH5N.5CH4/c1-7(12)9-5-3-8-4-6-10(9)11(8)2;1-2-4-6-7-5-3-1;1-3(2)4;1-2;;;;;/h5,8,10H,3-4,6H2,1-2H3;1-6H,7H2;1-2H3;2H2,1H3;5*1H4. The van der Waals surface area contributed by atoms with Crippen LogP contribution in [0.25, 0.3) is 0 Å². The summed E-state index contributed by atoms with van der Waals surface area (Å²) in [5, 5.41) is 0. The second-order valence-electron chi connectivity index (χ2n) is 6.25. The van der Waals surface area contributed by atoms with Crippen LogP contribution >= 0.6 is 0 Å². The topological polar surface area (TPSA) is 63.4 Å². The monoisotopic (exact) mass is 426 g/mol. The Balaban J connectivity index is -0.0000000707. The third kappa shape index (κ3) is 17.1. The van der Waals surface area contributed by atoms with Crippen LogP contribution < -0.4 is 5.73 Å². The molecule has 180 valence electrons. The van der Waals surface area contributed by atoms with Crippen molar-refractivity contribution in [3.05, 3.63) is 48.1 Å². The Morgan fingerprint density at radius 3 is 1.70 bits per heavy atom. The number of ketones is 2. The van der Waals surface area contributed by atoms with Gasteiger partial charge in [0.2, 0.25) is 0 Å². The molecule has 3 rings (SSSR count). The fraction of sp³-hybridized carbons (Fsp3) is 0.615. The van der Waals surface area contributed by atoms with Crippen molar-refractivity contribution in [1.29, 1.82) is 0 Å². The van der Waals surface area contributed by atoms with Crippen molar-refractivity contribution >= 4 is 11.6 Å². The van der Waals surface area contributed by atoms with E-state index in [9.17, 15) is 9.59 Å². The molecule has 2 bridgehead atoms. The lowest BCUT2D eigenvalue weighted by molar-refractivity contribution is -0.115. The maximum absolute atomic E-state index is 11.2. The zero-order valence-electron chi connectivity index (χ0n) is 16.4. The molecule has 3 aliphatic rings. The molecule has 1 fully saturated rings.